The molecule has 14 heteroatoms. The first-order valence-electron chi connectivity index (χ1n) is 23.9. The molecule has 3 fully saturated rings. The van der Waals surface area contributed by atoms with Crippen LogP contribution in [0.2, 0.25) is 0 Å². The number of ether oxygens (including phenoxy) is 5. The molecular weight excluding hydrogens is 835 g/mol. The highest BCUT2D eigenvalue weighted by atomic mass is 16.6. The second kappa shape index (κ2) is 25.1. The van der Waals surface area contributed by atoms with E-state index in [1.165, 1.54) is 12.0 Å². The molecule has 0 spiro atoms. The summed E-state index contributed by atoms with van der Waals surface area (Å²) >= 11 is 0. The third kappa shape index (κ3) is 14.3. The summed E-state index contributed by atoms with van der Waals surface area (Å²) < 4.78 is 29.4. The van der Waals surface area contributed by atoms with Gasteiger partial charge in [-0.05, 0) is 107 Å². The largest absolute Gasteiger partial charge is 0.460 e. The number of hydrogen-bond donors (Lipinski definition) is 3. The molecule has 1 unspecified atom stereocenters. The third-order valence-corrected chi connectivity index (χ3v) is 14.5. The number of Topliss-reactive ketones (excluding diaryl/α,β-unsaturated/α-hetero) is 3. The molecule has 3 heterocycles. The van der Waals surface area contributed by atoms with Gasteiger partial charge in [-0.2, -0.15) is 0 Å². The Balaban J connectivity index is 1.70. The van der Waals surface area contributed by atoms with Crippen molar-refractivity contribution in [3.8, 4) is 0 Å². The minimum absolute atomic E-state index is 0.0220. The topological polar surface area (TPSA) is 195 Å². The van der Waals surface area contributed by atoms with Crippen molar-refractivity contribution in [3.05, 3.63) is 47.6 Å². The van der Waals surface area contributed by atoms with Gasteiger partial charge in [0.2, 0.25) is 5.79 Å². The lowest BCUT2D eigenvalue weighted by Gasteiger charge is -2.42. The first-order valence-corrected chi connectivity index (χ1v) is 23.9. The number of nitrogens with zero attached hydrogens (tertiary/aromatic N) is 1. The number of esters is 1. The Bertz CT molecular complexity index is 1760. The van der Waals surface area contributed by atoms with E-state index in [2.05, 4.69) is 0 Å². The van der Waals surface area contributed by atoms with Gasteiger partial charge in [0.25, 0.3) is 11.7 Å². The molecule has 4 rings (SSSR count). The second-order valence-corrected chi connectivity index (χ2v) is 19.6. The van der Waals surface area contributed by atoms with Gasteiger partial charge in [0, 0.05) is 58.5 Å². The van der Waals surface area contributed by atoms with Gasteiger partial charge >= 0.3 is 5.97 Å². The minimum Gasteiger partial charge on any atom is -0.460 e. The van der Waals surface area contributed by atoms with Crippen LogP contribution in [0.3, 0.4) is 0 Å². The van der Waals surface area contributed by atoms with E-state index < -0.39 is 83.9 Å². The quantitative estimate of drug-likeness (QED) is 0.202. The van der Waals surface area contributed by atoms with E-state index in [9.17, 15) is 39.3 Å². The summed E-state index contributed by atoms with van der Waals surface area (Å²) in [4.78, 5) is 71.7. The molecule has 2 bridgehead atoms. The van der Waals surface area contributed by atoms with Crippen LogP contribution in [0.25, 0.3) is 0 Å². The Morgan fingerprint density at radius 3 is 2.26 bits per heavy atom. The second-order valence-electron chi connectivity index (χ2n) is 19.6. The molecule has 1 amide bonds. The summed E-state index contributed by atoms with van der Waals surface area (Å²) in [7, 11) is 4.53. The molecule has 366 valence electrons. The maximum absolute atomic E-state index is 14.4. The van der Waals surface area contributed by atoms with Gasteiger partial charge in [-0.15, -0.1) is 0 Å². The number of carbonyl (C=O) groups excluding carboxylic acids is 5. The Morgan fingerprint density at radius 1 is 0.862 bits per heavy atom. The highest BCUT2D eigenvalue weighted by molar-refractivity contribution is 6.39. The molecular formula is C51H79NO13. The summed E-state index contributed by atoms with van der Waals surface area (Å²) in [6, 6.07) is -1.14. The van der Waals surface area contributed by atoms with Crippen LogP contribution in [0.15, 0.2) is 47.6 Å². The van der Waals surface area contributed by atoms with Crippen LogP contribution in [0, 0.1) is 35.5 Å². The van der Waals surface area contributed by atoms with Crippen molar-refractivity contribution in [2.45, 2.75) is 180 Å². The zero-order valence-electron chi connectivity index (χ0n) is 40.6. The molecule has 15 atom stereocenters. The number of ketones is 3. The Labute approximate surface area is 387 Å². The normalized spacial score (nSPS) is 37.8. The lowest BCUT2D eigenvalue weighted by atomic mass is 9.78. The van der Waals surface area contributed by atoms with E-state index in [1.807, 2.05) is 58.1 Å². The molecule has 0 aromatic heterocycles. The number of fused-ring (bicyclic) bond motifs is 3. The lowest BCUT2D eigenvalue weighted by molar-refractivity contribution is -0.265. The molecule has 0 radical (unpaired) electrons. The van der Waals surface area contributed by atoms with Crippen molar-refractivity contribution in [2.24, 2.45) is 35.5 Å². The van der Waals surface area contributed by atoms with Gasteiger partial charge in [-0.3, -0.25) is 19.2 Å². The fraction of sp³-hybridized carbons (Fsp3) is 0.745. The third-order valence-electron chi connectivity index (χ3n) is 14.5. The summed E-state index contributed by atoms with van der Waals surface area (Å²) in [5, 5.41) is 33.9. The SMILES string of the molecule is CO[C@H]1C[C@@H]2CC[C@@H](C)[C@@](O)(O2)C(=O)C(=O)N2CCCC[C@H]2C(=O)O[C@H]([C@H](C)C[C@@H]2CC[C@@H](O)[C@H](OC)C2)CC(=O)C(C)=CC(C)[C@@H](O)[C@@H](OC)C(=O)[C@H](C)C[C@H](C)C=CC=CC=C1C. The van der Waals surface area contributed by atoms with E-state index in [4.69, 9.17) is 23.7 Å². The number of piperidine rings is 1. The zero-order chi connectivity index (χ0) is 48.2. The van der Waals surface area contributed by atoms with Crippen LogP contribution in [0.4, 0.5) is 0 Å². The fourth-order valence-electron chi connectivity index (χ4n) is 10.1. The minimum atomic E-state index is -2.43. The summed E-state index contributed by atoms with van der Waals surface area (Å²) in [5.74, 6) is -7.93. The van der Waals surface area contributed by atoms with Crippen LogP contribution in [0.5, 0.6) is 0 Å². The van der Waals surface area contributed by atoms with Gasteiger partial charge in [0.05, 0.1) is 30.5 Å². The molecule has 0 aromatic carbocycles. The number of methoxy groups -OCH3 is 3. The van der Waals surface area contributed by atoms with Crippen molar-refractivity contribution < 1.29 is 63.0 Å². The predicted octanol–water partition coefficient (Wildman–Crippen LogP) is 6.18. The van der Waals surface area contributed by atoms with Gasteiger partial charge in [0.15, 0.2) is 11.6 Å². The molecule has 0 aromatic rings. The number of carbonyl (C=O) groups is 5. The fourth-order valence-corrected chi connectivity index (χ4v) is 10.1. The Morgan fingerprint density at radius 2 is 1.58 bits per heavy atom. The smallest absolute Gasteiger partial charge is 0.329 e. The lowest BCUT2D eigenvalue weighted by Crippen LogP contribution is -2.61. The molecule has 4 aliphatic rings. The van der Waals surface area contributed by atoms with Crippen molar-refractivity contribution in [1.82, 2.24) is 4.90 Å². The molecule has 3 N–H and O–H groups in total. The Hall–Kier alpha value is -3.37. The first kappa shape index (κ1) is 54.2. The number of rotatable bonds is 6. The van der Waals surface area contributed by atoms with Crippen molar-refractivity contribution in [2.75, 3.05) is 27.9 Å². The summed E-state index contributed by atoms with van der Waals surface area (Å²) in [5.41, 5.74) is 1.19. The van der Waals surface area contributed by atoms with Crippen molar-refractivity contribution >= 4 is 29.2 Å². The van der Waals surface area contributed by atoms with Gasteiger partial charge in [-0.25, -0.2) is 4.79 Å². The van der Waals surface area contributed by atoms with Crippen LogP contribution < -0.4 is 0 Å². The van der Waals surface area contributed by atoms with E-state index in [0.29, 0.717) is 63.4 Å². The molecule has 65 heavy (non-hydrogen) atoms. The number of cyclic esters (lactones) is 1. The molecule has 1 aliphatic carbocycles. The highest BCUT2D eigenvalue weighted by Gasteiger charge is 2.53. The summed E-state index contributed by atoms with van der Waals surface area (Å²) in [6.07, 6.45) is 11.2. The van der Waals surface area contributed by atoms with Crippen LogP contribution in [0.1, 0.15) is 126 Å². The monoisotopic (exact) mass is 914 g/mol. The van der Waals surface area contributed by atoms with E-state index in [-0.39, 0.29) is 54.8 Å². The maximum Gasteiger partial charge on any atom is 0.329 e. The van der Waals surface area contributed by atoms with Gasteiger partial charge < -0.3 is 43.9 Å². The highest BCUT2D eigenvalue weighted by Crippen LogP contribution is 2.38. The zero-order valence-corrected chi connectivity index (χ0v) is 40.6. The standard InChI is InChI=1S/C51H79NO13/c1-30-16-12-11-13-17-31(2)42(61-8)28-38-21-19-36(7)51(60,65-38)48(57)49(58)52-23-15-14-18-39(52)50(59)64-43(33(4)26-37-20-22-40(53)44(27-37)62-9)29-41(54)32(3)25-35(6)46(56)47(63-10)45(55)34(5)24-30/h11-13,16-17,25,30,33-40,42-44,46-47,53,56,60H,14-15,18-24,26-29H2,1-10H3/t30-,33-,34-,35?,36-,37+,38+,39+,40-,42+,43+,44-,46-,47+,51-/m1/s1. The number of aliphatic hydroxyl groups excluding tert-OH is 2. The number of aliphatic hydroxyl groups is 3. The average Bonchev–Trinajstić information content (AvgIpc) is 3.28. The van der Waals surface area contributed by atoms with Gasteiger partial charge in [0.1, 0.15) is 18.2 Å². The Kier molecular flexibility index (Phi) is 21.0. The van der Waals surface area contributed by atoms with Crippen LogP contribution in [-0.4, -0.2) is 132 Å². The summed E-state index contributed by atoms with van der Waals surface area (Å²) in [6.45, 7) is 12.7. The van der Waals surface area contributed by atoms with E-state index >= 15 is 0 Å². The molecule has 1 saturated carbocycles. The van der Waals surface area contributed by atoms with Crippen molar-refractivity contribution in [1.29, 1.82) is 0 Å². The number of allylic oxidation sites excluding steroid dienone is 6. The van der Waals surface area contributed by atoms with Crippen LogP contribution in [-0.2, 0) is 47.7 Å². The number of hydrogen-bond acceptors (Lipinski definition) is 13. The molecule has 2 saturated heterocycles. The van der Waals surface area contributed by atoms with E-state index in [1.54, 1.807) is 41.1 Å². The van der Waals surface area contributed by atoms with Crippen molar-refractivity contribution in [3.63, 3.8) is 0 Å². The van der Waals surface area contributed by atoms with E-state index in [0.717, 1.165) is 12.0 Å². The van der Waals surface area contributed by atoms with Crippen LogP contribution >= 0.6 is 0 Å². The number of amides is 1. The average molecular weight is 914 g/mol. The van der Waals surface area contributed by atoms with Gasteiger partial charge in [-0.1, -0.05) is 71.1 Å². The molecule has 14 nitrogen and oxygen atoms in total. The first-order chi connectivity index (χ1) is 30.7. The predicted molar refractivity (Wildman–Crippen MR) is 245 cm³/mol. The maximum atomic E-state index is 14.4. The molecule has 3 aliphatic heterocycles.